The van der Waals surface area contributed by atoms with Gasteiger partial charge in [0.05, 0.1) is 18.7 Å². The summed E-state index contributed by atoms with van der Waals surface area (Å²) in [5.74, 6) is 1.04. The molecule has 1 atom stereocenters. The minimum absolute atomic E-state index is 0.0704. The van der Waals surface area contributed by atoms with E-state index in [1.54, 1.807) is 0 Å². The Morgan fingerprint density at radius 3 is 3.22 bits per heavy atom. The summed E-state index contributed by atoms with van der Waals surface area (Å²) in [5.41, 5.74) is 2.49. The highest BCUT2D eigenvalue weighted by molar-refractivity contribution is 9.10. The zero-order valence-corrected chi connectivity index (χ0v) is 11.7. The van der Waals surface area contributed by atoms with Crippen LogP contribution in [0.1, 0.15) is 24.0 Å². The van der Waals surface area contributed by atoms with E-state index in [4.69, 9.17) is 10.00 Å². The molecule has 1 saturated heterocycles. The molecule has 0 saturated carbocycles. The molecule has 0 aromatic heterocycles. The van der Waals surface area contributed by atoms with E-state index in [9.17, 15) is 0 Å². The van der Waals surface area contributed by atoms with Gasteiger partial charge in [-0.1, -0.05) is 15.9 Å². The summed E-state index contributed by atoms with van der Waals surface area (Å²) < 4.78 is 6.84. The molecule has 1 aromatic carbocycles. The maximum Gasteiger partial charge on any atom is 0.127 e. The predicted molar refractivity (Wildman–Crippen MR) is 72.4 cm³/mol. The molecule has 1 unspecified atom stereocenters. The van der Waals surface area contributed by atoms with Crippen LogP contribution in [-0.4, -0.2) is 24.1 Å². The average Bonchev–Trinajstić information content (AvgIpc) is 2.96. The topological polar surface area (TPSA) is 36.3 Å². The zero-order chi connectivity index (χ0) is 12.5. The third-order valence-electron chi connectivity index (χ3n) is 3.71. The molecule has 94 valence electrons. The molecule has 0 amide bonds. The number of nitriles is 1. The van der Waals surface area contributed by atoms with Gasteiger partial charge in [-0.15, -0.1) is 0 Å². The van der Waals surface area contributed by atoms with Crippen molar-refractivity contribution in [1.82, 2.24) is 4.90 Å². The number of rotatable bonds is 2. The first-order chi connectivity index (χ1) is 8.78. The number of fused-ring (bicyclic) bond motifs is 1. The molecule has 0 radical (unpaired) electrons. The lowest BCUT2D eigenvalue weighted by Gasteiger charge is -2.20. The van der Waals surface area contributed by atoms with Gasteiger partial charge in [0.2, 0.25) is 0 Å². The number of likely N-dealkylation sites (tertiary alicyclic amines) is 1. The maximum atomic E-state index is 9.13. The van der Waals surface area contributed by atoms with Gasteiger partial charge in [-0.05, 0) is 37.1 Å². The van der Waals surface area contributed by atoms with E-state index < -0.39 is 0 Å². The van der Waals surface area contributed by atoms with E-state index in [0.717, 1.165) is 49.2 Å². The van der Waals surface area contributed by atoms with Gasteiger partial charge in [0.15, 0.2) is 0 Å². The van der Waals surface area contributed by atoms with Gasteiger partial charge >= 0.3 is 0 Å². The van der Waals surface area contributed by atoms with Crippen LogP contribution in [0.3, 0.4) is 0 Å². The van der Waals surface area contributed by atoms with Crippen molar-refractivity contribution >= 4 is 15.9 Å². The summed E-state index contributed by atoms with van der Waals surface area (Å²) in [6, 6.07) is 6.72. The lowest BCUT2D eigenvalue weighted by molar-refractivity contribution is 0.278. The van der Waals surface area contributed by atoms with Crippen LogP contribution in [0.2, 0.25) is 0 Å². The Balaban J connectivity index is 1.87. The second kappa shape index (κ2) is 4.91. The SMILES string of the molecule is N#CC1CCCN1Cc1cc(Br)cc2c1OCC2. The van der Waals surface area contributed by atoms with Crippen LogP contribution in [-0.2, 0) is 13.0 Å². The third kappa shape index (κ3) is 2.13. The molecule has 0 bridgehead atoms. The Morgan fingerprint density at radius 2 is 2.39 bits per heavy atom. The molecule has 2 aliphatic rings. The first-order valence-electron chi connectivity index (χ1n) is 6.35. The van der Waals surface area contributed by atoms with E-state index in [1.807, 2.05) is 0 Å². The summed E-state index contributed by atoms with van der Waals surface area (Å²) in [5, 5.41) is 9.13. The van der Waals surface area contributed by atoms with Crippen molar-refractivity contribution in [3.05, 3.63) is 27.7 Å². The van der Waals surface area contributed by atoms with Crippen LogP contribution in [0, 0.1) is 11.3 Å². The first-order valence-corrected chi connectivity index (χ1v) is 7.15. The van der Waals surface area contributed by atoms with Crippen LogP contribution in [0.15, 0.2) is 16.6 Å². The molecule has 2 aliphatic heterocycles. The highest BCUT2D eigenvalue weighted by Crippen LogP contribution is 2.34. The minimum atomic E-state index is 0.0704. The molecule has 3 nitrogen and oxygen atoms in total. The molecule has 0 spiro atoms. The lowest BCUT2D eigenvalue weighted by atomic mass is 10.1. The molecule has 1 aromatic rings. The van der Waals surface area contributed by atoms with Gasteiger partial charge in [-0.3, -0.25) is 4.90 Å². The van der Waals surface area contributed by atoms with Crippen molar-refractivity contribution in [3.63, 3.8) is 0 Å². The van der Waals surface area contributed by atoms with Crippen molar-refractivity contribution in [1.29, 1.82) is 5.26 Å². The normalized spacial score (nSPS) is 22.6. The number of benzene rings is 1. The average molecular weight is 307 g/mol. The summed E-state index contributed by atoms with van der Waals surface area (Å²) in [6.07, 6.45) is 3.10. The number of nitrogens with zero attached hydrogens (tertiary/aromatic N) is 2. The number of halogens is 1. The van der Waals surface area contributed by atoms with E-state index in [-0.39, 0.29) is 6.04 Å². The summed E-state index contributed by atoms with van der Waals surface area (Å²) in [7, 11) is 0. The summed E-state index contributed by atoms with van der Waals surface area (Å²) >= 11 is 3.56. The predicted octanol–water partition coefficient (Wildman–Crippen LogP) is 2.87. The lowest BCUT2D eigenvalue weighted by Crippen LogP contribution is -2.27. The van der Waals surface area contributed by atoms with Crippen LogP contribution in [0.4, 0.5) is 0 Å². The minimum Gasteiger partial charge on any atom is -0.493 e. The zero-order valence-electron chi connectivity index (χ0n) is 10.2. The largest absolute Gasteiger partial charge is 0.493 e. The van der Waals surface area contributed by atoms with Crippen LogP contribution < -0.4 is 4.74 Å². The molecule has 0 N–H and O–H groups in total. The molecular weight excluding hydrogens is 292 g/mol. The Bertz CT molecular complexity index is 509. The fourth-order valence-corrected chi connectivity index (χ4v) is 3.40. The highest BCUT2D eigenvalue weighted by Gasteiger charge is 2.26. The van der Waals surface area contributed by atoms with E-state index in [0.29, 0.717) is 0 Å². The number of hydrogen-bond acceptors (Lipinski definition) is 3. The van der Waals surface area contributed by atoms with Gasteiger partial charge in [0.25, 0.3) is 0 Å². The quantitative estimate of drug-likeness (QED) is 0.843. The Kier molecular flexibility index (Phi) is 3.27. The number of ether oxygens (including phenoxy) is 1. The molecular formula is C14H15BrN2O. The van der Waals surface area contributed by atoms with Crippen LogP contribution in [0.25, 0.3) is 0 Å². The summed E-state index contributed by atoms with van der Waals surface area (Å²) in [4.78, 5) is 2.25. The van der Waals surface area contributed by atoms with Crippen molar-refractivity contribution in [2.24, 2.45) is 0 Å². The molecule has 0 aliphatic carbocycles. The Morgan fingerprint density at radius 1 is 1.50 bits per heavy atom. The smallest absolute Gasteiger partial charge is 0.127 e. The van der Waals surface area contributed by atoms with E-state index in [2.05, 4.69) is 39.0 Å². The van der Waals surface area contributed by atoms with Gasteiger partial charge in [-0.2, -0.15) is 5.26 Å². The maximum absolute atomic E-state index is 9.13. The standard InChI is InChI=1S/C14H15BrN2O/c15-12-6-10-3-5-18-14(10)11(7-12)9-17-4-1-2-13(17)8-16/h6-7,13H,1-5,9H2. The molecule has 4 heteroatoms. The summed E-state index contributed by atoms with van der Waals surface area (Å²) in [6.45, 7) is 2.61. The van der Waals surface area contributed by atoms with Crippen molar-refractivity contribution in [3.8, 4) is 11.8 Å². The second-order valence-corrected chi connectivity index (χ2v) is 5.82. The molecule has 2 heterocycles. The molecule has 1 fully saturated rings. The highest BCUT2D eigenvalue weighted by atomic mass is 79.9. The van der Waals surface area contributed by atoms with Gasteiger partial charge in [0.1, 0.15) is 5.75 Å². The first kappa shape index (κ1) is 12.0. The Hall–Kier alpha value is -1.05. The fraction of sp³-hybridized carbons (Fsp3) is 0.500. The fourth-order valence-electron chi connectivity index (χ4n) is 2.84. The molecule has 3 rings (SSSR count). The Labute approximate surface area is 115 Å². The van der Waals surface area contributed by atoms with Crippen molar-refractivity contribution in [2.45, 2.75) is 31.8 Å². The van der Waals surface area contributed by atoms with E-state index in [1.165, 1.54) is 11.1 Å². The van der Waals surface area contributed by atoms with Crippen LogP contribution >= 0.6 is 15.9 Å². The third-order valence-corrected chi connectivity index (χ3v) is 4.17. The molecule has 18 heavy (non-hydrogen) atoms. The second-order valence-electron chi connectivity index (χ2n) is 4.91. The van der Waals surface area contributed by atoms with Crippen LogP contribution in [0.5, 0.6) is 5.75 Å². The number of hydrogen-bond donors (Lipinski definition) is 0. The van der Waals surface area contributed by atoms with Gasteiger partial charge < -0.3 is 4.74 Å². The van der Waals surface area contributed by atoms with E-state index >= 15 is 0 Å². The van der Waals surface area contributed by atoms with Crippen molar-refractivity contribution in [2.75, 3.05) is 13.2 Å². The van der Waals surface area contributed by atoms with Gasteiger partial charge in [0, 0.05) is 23.0 Å². The van der Waals surface area contributed by atoms with Crippen molar-refractivity contribution < 1.29 is 4.74 Å². The van der Waals surface area contributed by atoms with Gasteiger partial charge in [-0.25, -0.2) is 0 Å². The monoisotopic (exact) mass is 306 g/mol.